The summed E-state index contributed by atoms with van der Waals surface area (Å²) in [6.07, 6.45) is -4.85. The normalized spacial score (nSPS) is 31.0. The van der Waals surface area contributed by atoms with Crippen LogP contribution < -0.4 is 11.5 Å². The van der Waals surface area contributed by atoms with E-state index in [-0.39, 0.29) is 18.8 Å². The molecular weight excluding hydrogens is 340 g/mol. The molecule has 2 unspecified atom stereocenters. The number of carbonyl (C=O) groups is 1. The molecule has 0 spiro atoms. The molecule has 2 rings (SSSR count). The lowest BCUT2D eigenvalue weighted by atomic mass is 9.98. The van der Waals surface area contributed by atoms with Gasteiger partial charge in [0.15, 0.2) is 0 Å². The number of hydrogen-bond acceptors (Lipinski definition) is 8. The van der Waals surface area contributed by atoms with Gasteiger partial charge < -0.3 is 36.3 Å². The maximum atomic E-state index is 12.1. The summed E-state index contributed by atoms with van der Waals surface area (Å²) in [7, 11) is 0. The quantitative estimate of drug-likeness (QED) is 0.389. The number of hydrogen-bond donors (Lipinski definition) is 5. The summed E-state index contributed by atoms with van der Waals surface area (Å²) >= 11 is 0. The Kier molecular flexibility index (Phi) is 8.04. The molecule has 0 saturated carbocycles. The van der Waals surface area contributed by atoms with Gasteiger partial charge in [-0.05, 0) is 12.0 Å². The summed E-state index contributed by atoms with van der Waals surface area (Å²) < 4.78 is 10.3. The van der Waals surface area contributed by atoms with E-state index in [1.165, 1.54) is 0 Å². The predicted molar refractivity (Wildman–Crippen MR) is 87.2 cm³/mol. The van der Waals surface area contributed by atoms with Gasteiger partial charge >= 0.3 is 5.97 Å². The molecule has 0 radical (unpaired) electrons. The third-order valence-electron chi connectivity index (χ3n) is 3.76. The fourth-order valence-corrected chi connectivity index (χ4v) is 2.36. The summed E-state index contributed by atoms with van der Waals surface area (Å²) in [4.78, 5) is 12.1. The standard InChI is InChI=1S/C15H22N2O6.ClH/c16-9(6-8-4-2-1-3-5-8)14(21)23-15-11(17)13(20)12(19)10(7-18)22-15;/h1-5,9-13,15,18-20H,6-7,16-17H2;1H/t9?,10-,11-,12-,13-,15?;/m1./s1. The molecule has 0 amide bonds. The van der Waals surface area contributed by atoms with Gasteiger partial charge in [-0.25, -0.2) is 0 Å². The van der Waals surface area contributed by atoms with Crippen LogP contribution in [0.1, 0.15) is 5.56 Å². The van der Waals surface area contributed by atoms with Crippen LogP contribution in [0.4, 0.5) is 0 Å². The average molecular weight is 363 g/mol. The van der Waals surface area contributed by atoms with Crippen molar-refractivity contribution in [2.24, 2.45) is 11.5 Å². The van der Waals surface area contributed by atoms with E-state index in [1.54, 1.807) is 0 Å². The van der Waals surface area contributed by atoms with Crippen molar-refractivity contribution >= 4 is 18.4 Å². The molecular formula is C15H23ClN2O6. The molecule has 0 aromatic heterocycles. The van der Waals surface area contributed by atoms with Gasteiger partial charge in [-0.1, -0.05) is 30.3 Å². The zero-order valence-corrected chi connectivity index (χ0v) is 13.7. The molecule has 0 bridgehead atoms. The van der Waals surface area contributed by atoms with Crippen molar-refractivity contribution in [3.63, 3.8) is 0 Å². The number of aliphatic hydroxyl groups excluding tert-OH is 3. The molecule has 6 atom stereocenters. The molecule has 8 nitrogen and oxygen atoms in total. The third-order valence-corrected chi connectivity index (χ3v) is 3.76. The molecule has 1 aliphatic rings. The van der Waals surface area contributed by atoms with E-state index in [1.807, 2.05) is 30.3 Å². The van der Waals surface area contributed by atoms with Crippen LogP contribution in [-0.4, -0.2) is 64.6 Å². The number of halogens is 1. The Hall–Kier alpha value is -1.26. The van der Waals surface area contributed by atoms with Crippen molar-refractivity contribution < 1.29 is 29.6 Å². The number of benzene rings is 1. The van der Waals surface area contributed by atoms with Crippen LogP contribution in [0.2, 0.25) is 0 Å². The zero-order valence-electron chi connectivity index (χ0n) is 12.9. The lowest BCUT2D eigenvalue weighted by Gasteiger charge is -2.40. The molecule has 1 heterocycles. The summed E-state index contributed by atoms with van der Waals surface area (Å²) in [5.74, 6) is -0.741. The molecule has 24 heavy (non-hydrogen) atoms. The van der Waals surface area contributed by atoms with Crippen molar-refractivity contribution in [3.8, 4) is 0 Å². The van der Waals surface area contributed by atoms with Crippen molar-refractivity contribution in [3.05, 3.63) is 35.9 Å². The lowest BCUT2D eigenvalue weighted by molar-refractivity contribution is -0.259. The number of esters is 1. The minimum absolute atomic E-state index is 0. The van der Waals surface area contributed by atoms with E-state index in [0.717, 1.165) is 5.56 Å². The maximum Gasteiger partial charge on any atom is 0.325 e. The largest absolute Gasteiger partial charge is 0.433 e. The SMILES string of the molecule is Cl.NC(Cc1ccccc1)C(=O)OC1O[C@H](CO)[C@@H](O)[C@H](O)[C@H]1N. The first kappa shape index (κ1) is 20.8. The fraction of sp³-hybridized carbons (Fsp3) is 0.533. The Balaban J connectivity index is 0.00000288. The maximum absolute atomic E-state index is 12.1. The molecule has 1 aromatic rings. The molecule has 1 aromatic carbocycles. The molecule has 1 saturated heterocycles. The van der Waals surface area contributed by atoms with E-state index in [9.17, 15) is 15.0 Å². The number of aliphatic hydroxyl groups is 3. The molecule has 9 heteroatoms. The van der Waals surface area contributed by atoms with Crippen LogP contribution >= 0.6 is 12.4 Å². The Labute approximate surface area is 145 Å². The van der Waals surface area contributed by atoms with E-state index in [2.05, 4.69) is 0 Å². The highest BCUT2D eigenvalue weighted by atomic mass is 35.5. The van der Waals surface area contributed by atoms with Crippen LogP contribution in [0.25, 0.3) is 0 Å². The van der Waals surface area contributed by atoms with E-state index >= 15 is 0 Å². The van der Waals surface area contributed by atoms with Gasteiger partial charge in [0.2, 0.25) is 6.29 Å². The number of ether oxygens (including phenoxy) is 2. The van der Waals surface area contributed by atoms with Crippen molar-refractivity contribution in [1.82, 2.24) is 0 Å². The van der Waals surface area contributed by atoms with Gasteiger partial charge in [0.05, 0.1) is 12.6 Å². The van der Waals surface area contributed by atoms with Gasteiger partial charge in [-0.2, -0.15) is 0 Å². The van der Waals surface area contributed by atoms with Crippen molar-refractivity contribution in [2.75, 3.05) is 6.61 Å². The van der Waals surface area contributed by atoms with Crippen LogP contribution in [-0.2, 0) is 20.7 Å². The summed E-state index contributed by atoms with van der Waals surface area (Å²) in [6, 6.07) is 7.11. The highest BCUT2D eigenvalue weighted by molar-refractivity contribution is 5.85. The summed E-state index contributed by atoms with van der Waals surface area (Å²) in [5, 5.41) is 28.6. The molecule has 7 N–H and O–H groups in total. The topological polar surface area (TPSA) is 148 Å². The third kappa shape index (κ3) is 4.87. The molecule has 0 aliphatic carbocycles. The van der Waals surface area contributed by atoms with Crippen molar-refractivity contribution in [1.29, 1.82) is 0 Å². The van der Waals surface area contributed by atoms with Crippen LogP contribution in [0.15, 0.2) is 30.3 Å². The van der Waals surface area contributed by atoms with Gasteiger partial charge in [-0.3, -0.25) is 4.79 Å². The van der Waals surface area contributed by atoms with Gasteiger partial charge in [0.1, 0.15) is 24.4 Å². The van der Waals surface area contributed by atoms with Crippen molar-refractivity contribution in [2.45, 2.75) is 43.1 Å². The van der Waals surface area contributed by atoms with Gasteiger partial charge in [0.25, 0.3) is 0 Å². The van der Waals surface area contributed by atoms with Crippen LogP contribution in [0.3, 0.4) is 0 Å². The summed E-state index contributed by atoms with van der Waals surface area (Å²) in [6.45, 7) is -0.547. The van der Waals surface area contributed by atoms with E-state index in [0.29, 0.717) is 0 Å². The highest BCUT2D eigenvalue weighted by Crippen LogP contribution is 2.21. The van der Waals surface area contributed by atoms with Crippen LogP contribution in [0.5, 0.6) is 0 Å². The predicted octanol–water partition coefficient (Wildman–Crippen LogP) is -1.71. The first-order valence-electron chi connectivity index (χ1n) is 7.32. The Morgan fingerprint density at radius 2 is 1.88 bits per heavy atom. The zero-order chi connectivity index (χ0) is 17.0. The minimum Gasteiger partial charge on any atom is -0.433 e. The summed E-state index contributed by atoms with van der Waals surface area (Å²) in [5.41, 5.74) is 12.4. The molecule has 1 aliphatic heterocycles. The van der Waals surface area contributed by atoms with E-state index in [4.69, 9.17) is 26.0 Å². The first-order chi connectivity index (χ1) is 10.9. The Bertz CT molecular complexity index is 518. The van der Waals surface area contributed by atoms with Gasteiger partial charge in [0, 0.05) is 0 Å². The second-order valence-electron chi connectivity index (χ2n) is 5.52. The fourth-order valence-electron chi connectivity index (χ4n) is 2.36. The Morgan fingerprint density at radius 3 is 2.46 bits per heavy atom. The second kappa shape index (κ2) is 9.28. The minimum atomic E-state index is -1.39. The number of nitrogens with two attached hydrogens (primary N) is 2. The van der Waals surface area contributed by atoms with Crippen LogP contribution in [0, 0.1) is 0 Å². The molecule has 136 valence electrons. The molecule has 1 fully saturated rings. The second-order valence-corrected chi connectivity index (χ2v) is 5.52. The monoisotopic (exact) mass is 362 g/mol. The number of rotatable bonds is 5. The Morgan fingerprint density at radius 1 is 1.25 bits per heavy atom. The smallest absolute Gasteiger partial charge is 0.325 e. The van der Waals surface area contributed by atoms with E-state index < -0.39 is 49.3 Å². The first-order valence-corrected chi connectivity index (χ1v) is 7.32. The highest BCUT2D eigenvalue weighted by Gasteiger charge is 2.44. The average Bonchev–Trinajstić information content (AvgIpc) is 2.56. The number of carbonyl (C=O) groups excluding carboxylic acids is 1. The van der Waals surface area contributed by atoms with Gasteiger partial charge in [-0.15, -0.1) is 12.4 Å². The lowest BCUT2D eigenvalue weighted by Crippen LogP contribution is -2.63.